The van der Waals surface area contributed by atoms with Crippen molar-refractivity contribution in [3.8, 4) is 0 Å². The maximum atomic E-state index is 12.8. The summed E-state index contributed by atoms with van der Waals surface area (Å²) in [6.07, 6.45) is 0.272. The molecule has 1 aromatic carbocycles. The van der Waals surface area contributed by atoms with Crippen molar-refractivity contribution < 1.29 is 19.1 Å². The number of carbonyl (C=O) groups is 2. The van der Waals surface area contributed by atoms with Crippen LogP contribution < -0.4 is 0 Å². The zero-order chi connectivity index (χ0) is 10.0. The van der Waals surface area contributed by atoms with Crippen LogP contribution in [0.15, 0.2) is 16.6 Å². The number of carboxylic acid groups (broad SMARTS) is 1. The zero-order valence-electron chi connectivity index (χ0n) is 6.25. The second kappa shape index (κ2) is 3.66. The summed E-state index contributed by atoms with van der Waals surface area (Å²) in [5, 5.41) is 8.61. The Morgan fingerprint density at radius 1 is 1.54 bits per heavy atom. The lowest BCUT2D eigenvalue weighted by Crippen LogP contribution is -2.00. The lowest BCUT2D eigenvalue weighted by atomic mass is 10.1. The Balaban J connectivity index is 3.38. The molecule has 0 radical (unpaired) electrons. The lowest BCUT2D eigenvalue weighted by Gasteiger charge is -2.00. The van der Waals surface area contributed by atoms with Gasteiger partial charge in [-0.3, -0.25) is 4.79 Å². The summed E-state index contributed by atoms with van der Waals surface area (Å²) in [5.74, 6) is -1.96. The second-order valence-electron chi connectivity index (χ2n) is 2.28. The molecular formula is C8H4BrFO3. The Hall–Kier alpha value is -1.23. The molecule has 68 valence electrons. The molecule has 0 saturated heterocycles. The molecule has 0 spiro atoms. The van der Waals surface area contributed by atoms with Gasteiger partial charge in [0.1, 0.15) is 5.82 Å². The number of carbonyl (C=O) groups excluding carboxylic acids is 1. The first-order valence-corrected chi connectivity index (χ1v) is 4.03. The van der Waals surface area contributed by atoms with E-state index in [1.807, 2.05) is 0 Å². The van der Waals surface area contributed by atoms with Gasteiger partial charge in [-0.1, -0.05) is 0 Å². The van der Waals surface area contributed by atoms with Gasteiger partial charge in [0.25, 0.3) is 0 Å². The molecule has 0 fully saturated rings. The number of rotatable bonds is 2. The van der Waals surface area contributed by atoms with Crippen molar-refractivity contribution >= 4 is 28.2 Å². The Morgan fingerprint density at radius 2 is 2.15 bits per heavy atom. The van der Waals surface area contributed by atoms with Gasteiger partial charge >= 0.3 is 5.97 Å². The van der Waals surface area contributed by atoms with Gasteiger partial charge in [0.15, 0.2) is 6.29 Å². The maximum absolute atomic E-state index is 12.8. The minimum atomic E-state index is -1.21. The van der Waals surface area contributed by atoms with Gasteiger partial charge in [0.2, 0.25) is 0 Å². The van der Waals surface area contributed by atoms with Crippen LogP contribution in [-0.2, 0) is 0 Å². The Kier molecular flexibility index (Phi) is 2.77. The average molecular weight is 247 g/mol. The Labute approximate surface area is 81.3 Å². The maximum Gasteiger partial charge on any atom is 0.336 e. The predicted octanol–water partition coefficient (Wildman–Crippen LogP) is 2.10. The van der Waals surface area contributed by atoms with Crippen LogP contribution >= 0.6 is 15.9 Å². The third-order valence-electron chi connectivity index (χ3n) is 1.44. The molecule has 0 atom stereocenters. The standard InChI is InChI=1S/C8H4BrFO3/c9-6-2-7(10)4(3-11)1-5(6)8(12)13/h1-3H,(H,12,13). The highest BCUT2D eigenvalue weighted by Crippen LogP contribution is 2.20. The van der Waals surface area contributed by atoms with Crippen molar-refractivity contribution in [3.05, 3.63) is 33.5 Å². The monoisotopic (exact) mass is 246 g/mol. The highest BCUT2D eigenvalue weighted by molar-refractivity contribution is 9.10. The molecule has 1 aromatic rings. The van der Waals surface area contributed by atoms with Crippen molar-refractivity contribution in [1.29, 1.82) is 0 Å². The number of halogens is 2. The molecule has 1 rings (SSSR count). The van der Waals surface area contributed by atoms with Crippen LogP contribution in [0.1, 0.15) is 20.7 Å². The number of carboxylic acids is 1. The smallest absolute Gasteiger partial charge is 0.336 e. The fourth-order valence-corrected chi connectivity index (χ4v) is 1.30. The SMILES string of the molecule is O=Cc1cc(C(=O)O)c(Br)cc1F. The van der Waals surface area contributed by atoms with Gasteiger partial charge in [-0.15, -0.1) is 0 Å². The molecule has 3 nitrogen and oxygen atoms in total. The summed E-state index contributed by atoms with van der Waals surface area (Å²) in [7, 11) is 0. The molecule has 0 bridgehead atoms. The summed E-state index contributed by atoms with van der Waals surface area (Å²) < 4.78 is 13.0. The molecule has 1 N–H and O–H groups in total. The number of hydrogen-bond acceptors (Lipinski definition) is 2. The molecule has 5 heteroatoms. The third-order valence-corrected chi connectivity index (χ3v) is 2.10. The minimum absolute atomic E-state index is 0.114. The Bertz CT molecular complexity index is 376. The molecule has 0 aromatic heterocycles. The summed E-state index contributed by atoms with van der Waals surface area (Å²) in [5.41, 5.74) is -0.399. The van der Waals surface area contributed by atoms with Crippen LogP contribution in [-0.4, -0.2) is 17.4 Å². The number of benzene rings is 1. The van der Waals surface area contributed by atoms with Crippen molar-refractivity contribution in [3.63, 3.8) is 0 Å². The zero-order valence-corrected chi connectivity index (χ0v) is 7.84. The summed E-state index contributed by atoms with van der Waals surface area (Å²) in [6, 6.07) is 1.93. The van der Waals surface area contributed by atoms with E-state index >= 15 is 0 Å². The van der Waals surface area contributed by atoms with Gasteiger partial charge in [0.05, 0.1) is 11.1 Å². The largest absolute Gasteiger partial charge is 0.478 e. The normalized spacial score (nSPS) is 9.69. The van der Waals surface area contributed by atoms with E-state index in [4.69, 9.17) is 5.11 Å². The van der Waals surface area contributed by atoms with Crippen LogP contribution in [0.5, 0.6) is 0 Å². The van der Waals surface area contributed by atoms with Gasteiger partial charge in [-0.05, 0) is 28.1 Å². The van der Waals surface area contributed by atoms with E-state index in [1.54, 1.807) is 0 Å². The lowest BCUT2D eigenvalue weighted by molar-refractivity contribution is 0.0696. The minimum Gasteiger partial charge on any atom is -0.478 e. The summed E-state index contributed by atoms with van der Waals surface area (Å²) >= 11 is 2.87. The molecule has 0 heterocycles. The number of hydrogen-bond donors (Lipinski definition) is 1. The van der Waals surface area contributed by atoms with Crippen molar-refractivity contribution in [1.82, 2.24) is 0 Å². The highest BCUT2D eigenvalue weighted by atomic mass is 79.9. The predicted molar refractivity (Wildman–Crippen MR) is 46.4 cm³/mol. The van der Waals surface area contributed by atoms with E-state index in [2.05, 4.69) is 15.9 Å². The Morgan fingerprint density at radius 3 is 2.62 bits per heavy atom. The van der Waals surface area contributed by atoms with Gasteiger partial charge in [-0.25, -0.2) is 9.18 Å². The summed E-state index contributed by atoms with van der Waals surface area (Å²) in [4.78, 5) is 20.8. The topological polar surface area (TPSA) is 54.4 Å². The fraction of sp³-hybridized carbons (Fsp3) is 0. The van der Waals surface area contributed by atoms with E-state index in [9.17, 15) is 14.0 Å². The fourth-order valence-electron chi connectivity index (χ4n) is 0.820. The first-order valence-electron chi connectivity index (χ1n) is 3.23. The van der Waals surface area contributed by atoms with E-state index in [1.165, 1.54) is 0 Å². The van der Waals surface area contributed by atoms with Gasteiger partial charge in [0, 0.05) is 4.47 Å². The van der Waals surface area contributed by atoms with E-state index in [0.717, 1.165) is 12.1 Å². The number of aldehydes is 1. The molecule has 0 saturated carbocycles. The second-order valence-corrected chi connectivity index (χ2v) is 3.13. The van der Waals surface area contributed by atoms with Gasteiger partial charge in [-0.2, -0.15) is 0 Å². The molecule has 0 amide bonds. The van der Waals surface area contributed by atoms with Crippen LogP contribution in [0.4, 0.5) is 4.39 Å². The van der Waals surface area contributed by atoms with Crippen molar-refractivity contribution in [2.45, 2.75) is 0 Å². The highest BCUT2D eigenvalue weighted by Gasteiger charge is 2.12. The van der Waals surface area contributed by atoms with Crippen LogP contribution in [0.2, 0.25) is 0 Å². The third kappa shape index (κ3) is 1.92. The molecule has 0 aliphatic rings. The van der Waals surface area contributed by atoms with Crippen LogP contribution in [0.25, 0.3) is 0 Å². The van der Waals surface area contributed by atoms with Crippen molar-refractivity contribution in [2.24, 2.45) is 0 Å². The molecule has 0 unspecified atom stereocenters. The van der Waals surface area contributed by atoms with Crippen LogP contribution in [0.3, 0.4) is 0 Å². The summed E-state index contributed by atoms with van der Waals surface area (Å²) in [6.45, 7) is 0. The first-order chi connectivity index (χ1) is 6.06. The molecular weight excluding hydrogens is 243 g/mol. The molecule has 0 aliphatic carbocycles. The molecule has 0 aliphatic heterocycles. The first kappa shape index (κ1) is 9.85. The average Bonchev–Trinajstić information content (AvgIpc) is 2.03. The van der Waals surface area contributed by atoms with Gasteiger partial charge < -0.3 is 5.11 Å². The quantitative estimate of drug-likeness (QED) is 0.814. The number of aromatic carboxylic acids is 1. The van der Waals surface area contributed by atoms with E-state index in [0.29, 0.717) is 0 Å². The van der Waals surface area contributed by atoms with Crippen LogP contribution in [0, 0.1) is 5.82 Å². The molecule has 13 heavy (non-hydrogen) atoms. The van der Waals surface area contributed by atoms with E-state index < -0.39 is 11.8 Å². The van der Waals surface area contributed by atoms with E-state index in [-0.39, 0.29) is 21.9 Å². The van der Waals surface area contributed by atoms with Crippen molar-refractivity contribution in [2.75, 3.05) is 0 Å².